The lowest BCUT2D eigenvalue weighted by Crippen LogP contribution is -2.34. The molecule has 1 aromatic rings. The van der Waals surface area contributed by atoms with Crippen molar-refractivity contribution < 1.29 is 14.5 Å². The maximum atomic E-state index is 12.4. The summed E-state index contributed by atoms with van der Waals surface area (Å²) in [6.07, 6.45) is 0.0851. The molecule has 1 fully saturated rings. The fourth-order valence-corrected chi connectivity index (χ4v) is 3.46. The molecule has 0 saturated carbocycles. The second-order valence-corrected chi connectivity index (χ2v) is 6.19. The molecule has 24 heavy (non-hydrogen) atoms. The summed E-state index contributed by atoms with van der Waals surface area (Å²) in [5.41, 5.74) is 0.338. The van der Waals surface area contributed by atoms with E-state index in [4.69, 9.17) is 0 Å². The van der Waals surface area contributed by atoms with Crippen LogP contribution in [0.2, 0.25) is 0 Å². The number of nitro groups is 1. The largest absolute Gasteiger partial charge is 0.356 e. The van der Waals surface area contributed by atoms with Crippen molar-refractivity contribution in [1.29, 1.82) is 0 Å². The SMILES string of the molecule is CCNC(=O)CC1SC(=Nc2cccc([N+](=O)[O-])c2)N(CC)C1=O. The average molecular weight is 350 g/mol. The Kier molecular flexibility index (Phi) is 5.91. The molecule has 9 heteroatoms. The van der Waals surface area contributed by atoms with Gasteiger partial charge in [-0.2, -0.15) is 0 Å². The predicted molar refractivity (Wildman–Crippen MR) is 92.3 cm³/mol. The number of hydrogen-bond acceptors (Lipinski definition) is 6. The third-order valence-corrected chi connectivity index (χ3v) is 4.52. The number of nitrogens with one attached hydrogen (secondary N) is 1. The Hall–Kier alpha value is -2.42. The van der Waals surface area contributed by atoms with Gasteiger partial charge in [0.25, 0.3) is 5.69 Å². The Morgan fingerprint density at radius 3 is 2.83 bits per heavy atom. The van der Waals surface area contributed by atoms with E-state index in [1.807, 2.05) is 13.8 Å². The van der Waals surface area contributed by atoms with E-state index >= 15 is 0 Å². The van der Waals surface area contributed by atoms with E-state index in [1.54, 1.807) is 12.1 Å². The van der Waals surface area contributed by atoms with E-state index in [0.29, 0.717) is 23.9 Å². The zero-order chi connectivity index (χ0) is 17.7. The molecule has 1 saturated heterocycles. The van der Waals surface area contributed by atoms with Crippen LogP contribution < -0.4 is 5.32 Å². The molecule has 1 heterocycles. The van der Waals surface area contributed by atoms with E-state index in [2.05, 4.69) is 10.3 Å². The summed E-state index contributed by atoms with van der Waals surface area (Å²) in [5.74, 6) is -0.353. The summed E-state index contributed by atoms with van der Waals surface area (Å²) in [4.78, 5) is 40.3. The van der Waals surface area contributed by atoms with E-state index in [9.17, 15) is 19.7 Å². The molecule has 2 rings (SSSR count). The molecule has 0 radical (unpaired) electrons. The molecule has 2 amide bonds. The average Bonchev–Trinajstić information content (AvgIpc) is 2.82. The van der Waals surface area contributed by atoms with Gasteiger partial charge in [0.15, 0.2) is 5.17 Å². The standard InChI is InChI=1S/C15H18N4O4S/c1-3-16-13(20)9-12-14(21)18(4-2)15(24-12)17-10-6-5-7-11(8-10)19(22)23/h5-8,12H,3-4,9H2,1-2H3,(H,16,20). The van der Waals surface area contributed by atoms with Crippen LogP contribution in [-0.2, 0) is 9.59 Å². The van der Waals surface area contributed by atoms with Gasteiger partial charge in [-0.1, -0.05) is 17.8 Å². The topological polar surface area (TPSA) is 105 Å². The van der Waals surface area contributed by atoms with Crippen molar-refractivity contribution in [2.75, 3.05) is 13.1 Å². The van der Waals surface area contributed by atoms with Crippen molar-refractivity contribution in [1.82, 2.24) is 10.2 Å². The smallest absolute Gasteiger partial charge is 0.271 e. The molecule has 1 aromatic carbocycles. The number of rotatable bonds is 6. The molecular formula is C15H18N4O4S. The highest BCUT2D eigenvalue weighted by atomic mass is 32.2. The first-order valence-corrected chi connectivity index (χ1v) is 8.42. The van der Waals surface area contributed by atoms with Crippen molar-refractivity contribution in [3.05, 3.63) is 34.4 Å². The molecule has 0 aliphatic carbocycles. The van der Waals surface area contributed by atoms with Crippen molar-refractivity contribution in [2.45, 2.75) is 25.5 Å². The maximum Gasteiger partial charge on any atom is 0.271 e. The fraction of sp³-hybridized carbons (Fsp3) is 0.400. The number of aliphatic imine (C=N–C) groups is 1. The van der Waals surface area contributed by atoms with Crippen molar-refractivity contribution in [2.24, 2.45) is 4.99 Å². The van der Waals surface area contributed by atoms with Crippen LogP contribution in [0.4, 0.5) is 11.4 Å². The summed E-state index contributed by atoms with van der Waals surface area (Å²) in [6.45, 7) is 4.56. The lowest BCUT2D eigenvalue weighted by molar-refractivity contribution is -0.384. The summed E-state index contributed by atoms with van der Waals surface area (Å²) in [6, 6.07) is 5.91. The predicted octanol–water partition coefficient (Wildman–Crippen LogP) is 2.07. The number of benzene rings is 1. The molecule has 1 aliphatic heterocycles. The first-order valence-electron chi connectivity index (χ1n) is 7.54. The number of hydrogen-bond donors (Lipinski definition) is 1. The first-order chi connectivity index (χ1) is 11.5. The Balaban J connectivity index is 2.22. The van der Waals surface area contributed by atoms with Gasteiger partial charge >= 0.3 is 0 Å². The fourth-order valence-electron chi connectivity index (χ4n) is 2.24. The van der Waals surface area contributed by atoms with Crippen LogP contribution in [0.5, 0.6) is 0 Å². The van der Waals surface area contributed by atoms with Crippen LogP contribution in [0.3, 0.4) is 0 Å². The zero-order valence-electron chi connectivity index (χ0n) is 13.4. The van der Waals surface area contributed by atoms with Gasteiger partial charge in [0.05, 0.1) is 10.6 Å². The molecule has 8 nitrogen and oxygen atoms in total. The molecular weight excluding hydrogens is 332 g/mol. The number of amidine groups is 1. The van der Waals surface area contributed by atoms with Gasteiger partial charge in [-0.15, -0.1) is 0 Å². The number of nitrogens with zero attached hydrogens (tertiary/aromatic N) is 3. The lowest BCUT2D eigenvalue weighted by atomic mass is 10.2. The molecule has 1 unspecified atom stereocenters. The van der Waals surface area contributed by atoms with Crippen molar-refractivity contribution in [3.8, 4) is 0 Å². The van der Waals surface area contributed by atoms with Gasteiger partial charge < -0.3 is 5.32 Å². The molecule has 1 N–H and O–H groups in total. The Morgan fingerprint density at radius 1 is 1.46 bits per heavy atom. The lowest BCUT2D eigenvalue weighted by Gasteiger charge is -2.13. The van der Waals surface area contributed by atoms with Crippen LogP contribution in [0.15, 0.2) is 29.3 Å². The monoisotopic (exact) mass is 350 g/mol. The Morgan fingerprint density at radius 2 is 2.21 bits per heavy atom. The van der Waals surface area contributed by atoms with E-state index in [1.165, 1.54) is 28.8 Å². The van der Waals surface area contributed by atoms with Gasteiger partial charge in [0.2, 0.25) is 11.8 Å². The number of carbonyl (C=O) groups excluding carboxylic acids is 2. The molecule has 1 aliphatic rings. The summed E-state index contributed by atoms with van der Waals surface area (Å²) in [5, 5.41) is 13.4. The van der Waals surface area contributed by atoms with E-state index in [0.717, 1.165) is 0 Å². The molecule has 0 aromatic heterocycles. The minimum atomic E-state index is -0.519. The van der Waals surface area contributed by atoms with Crippen LogP contribution in [0, 0.1) is 10.1 Å². The van der Waals surface area contributed by atoms with Crippen molar-refractivity contribution >= 4 is 40.1 Å². The second kappa shape index (κ2) is 7.91. The van der Waals surface area contributed by atoms with Gasteiger partial charge in [0.1, 0.15) is 5.25 Å². The zero-order valence-corrected chi connectivity index (χ0v) is 14.2. The third-order valence-electron chi connectivity index (χ3n) is 3.35. The molecule has 1 atom stereocenters. The van der Waals surface area contributed by atoms with Gasteiger partial charge in [0, 0.05) is 31.6 Å². The third kappa shape index (κ3) is 4.10. The molecule has 0 spiro atoms. The number of amides is 2. The Labute approximate surface area is 143 Å². The highest BCUT2D eigenvalue weighted by molar-refractivity contribution is 8.15. The second-order valence-electron chi connectivity index (χ2n) is 5.02. The van der Waals surface area contributed by atoms with Crippen LogP contribution >= 0.6 is 11.8 Å². The van der Waals surface area contributed by atoms with Gasteiger partial charge in [-0.05, 0) is 19.9 Å². The summed E-state index contributed by atoms with van der Waals surface area (Å²) in [7, 11) is 0. The number of nitro benzene ring substituents is 1. The van der Waals surface area contributed by atoms with Crippen LogP contribution in [-0.4, -0.2) is 45.1 Å². The maximum absolute atomic E-state index is 12.4. The normalized spacial score (nSPS) is 18.9. The van der Waals surface area contributed by atoms with Crippen LogP contribution in [0.25, 0.3) is 0 Å². The van der Waals surface area contributed by atoms with Crippen molar-refractivity contribution in [3.63, 3.8) is 0 Å². The minimum absolute atomic E-state index is 0.0619. The summed E-state index contributed by atoms with van der Waals surface area (Å²) < 4.78 is 0. The highest BCUT2D eigenvalue weighted by Crippen LogP contribution is 2.32. The Bertz CT molecular complexity index is 692. The molecule has 0 bridgehead atoms. The van der Waals surface area contributed by atoms with E-state index < -0.39 is 10.2 Å². The number of non-ortho nitro benzene ring substituents is 1. The number of thioether (sulfide) groups is 1. The molecule has 128 valence electrons. The van der Waals surface area contributed by atoms with Crippen LogP contribution in [0.1, 0.15) is 20.3 Å². The highest BCUT2D eigenvalue weighted by Gasteiger charge is 2.38. The summed E-state index contributed by atoms with van der Waals surface area (Å²) >= 11 is 1.21. The van der Waals surface area contributed by atoms with Gasteiger partial charge in [-0.25, -0.2) is 4.99 Å². The van der Waals surface area contributed by atoms with Gasteiger partial charge in [-0.3, -0.25) is 24.6 Å². The number of carbonyl (C=O) groups is 2. The minimum Gasteiger partial charge on any atom is -0.356 e. The quantitative estimate of drug-likeness (QED) is 0.624. The first kappa shape index (κ1) is 17.9. The van der Waals surface area contributed by atoms with E-state index in [-0.39, 0.29) is 23.9 Å².